The van der Waals surface area contributed by atoms with E-state index in [1.54, 1.807) is 39.9 Å². The van der Waals surface area contributed by atoms with E-state index in [-0.39, 0.29) is 5.56 Å². The second kappa shape index (κ2) is 9.58. The predicted molar refractivity (Wildman–Crippen MR) is 152 cm³/mol. The molecule has 5 rings (SSSR count). The monoisotopic (exact) mass is 605 g/mol. The molecule has 3 aromatic carbocycles. The minimum absolute atomic E-state index is 0.106. The lowest BCUT2D eigenvalue weighted by atomic mass is 9.82. The lowest BCUT2D eigenvalue weighted by Gasteiger charge is -2.30. The Labute approximate surface area is 227 Å². The molecule has 0 spiro atoms. The van der Waals surface area contributed by atoms with Gasteiger partial charge in [0.25, 0.3) is 5.56 Å². The molecule has 0 saturated heterocycles. The van der Waals surface area contributed by atoms with Crippen LogP contribution in [0.5, 0.6) is 0 Å². The maximum absolute atomic E-state index is 13.0. The molecule has 0 radical (unpaired) electrons. The normalized spacial score (nSPS) is 12.9. The molecule has 36 heavy (non-hydrogen) atoms. The van der Waals surface area contributed by atoms with Crippen molar-refractivity contribution >= 4 is 45.1 Å². The van der Waals surface area contributed by atoms with E-state index >= 15 is 0 Å². The van der Waals surface area contributed by atoms with Crippen LogP contribution in [-0.4, -0.2) is 19.2 Å². The fourth-order valence-electron chi connectivity index (χ4n) is 4.61. The fourth-order valence-corrected chi connectivity index (χ4v) is 5.44. The van der Waals surface area contributed by atoms with Crippen LogP contribution in [0.15, 0.2) is 90.1 Å². The van der Waals surface area contributed by atoms with Crippen LogP contribution in [0.2, 0.25) is 5.02 Å². The highest BCUT2D eigenvalue weighted by Crippen LogP contribution is 2.39. The lowest BCUT2D eigenvalue weighted by Crippen LogP contribution is -2.31. The summed E-state index contributed by atoms with van der Waals surface area (Å²) in [7, 11) is 1.84. The summed E-state index contributed by atoms with van der Waals surface area (Å²) in [6, 6.07) is 22.0. The smallest absolute Gasteiger partial charge is 0.252 e. The molecule has 2 heterocycles. The molecule has 2 aromatic heterocycles. The molecule has 7 heteroatoms. The number of pyridine rings is 1. The molecular weight excluding hydrogens is 585 g/mol. The standard InChI is InChI=1S/C29H21ClIN3O2/c1-3-19-5-4-6-20(13-19)24-15-28(35)34(17-31)26-12-9-22(14-25(24)26)29(36,27-16-32-18-33(27)2)21-7-10-23(30)11-8-21/h1,4-16,18,36H,17H2,2H3. The Balaban J connectivity index is 1.85. The number of aliphatic hydroxyl groups is 1. The molecule has 0 aliphatic rings. The fraction of sp³-hybridized carbons (Fsp3) is 0.103. The average Bonchev–Trinajstić information content (AvgIpc) is 3.34. The van der Waals surface area contributed by atoms with E-state index in [1.165, 1.54) is 0 Å². The minimum atomic E-state index is -1.52. The first kappa shape index (κ1) is 24.3. The second-order valence-electron chi connectivity index (χ2n) is 8.51. The molecule has 1 unspecified atom stereocenters. The van der Waals surface area contributed by atoms with Crippen molar-refractivity contribution in [1.82, 2.24) is 14.1 Å². The van der Waals surface area contributed by atoms with Gasteiger partial charge in [-0.25, -0.2) is 4.98 Å². The van der Waals surface area contributed by atoms with Crippen molar-refractivity contribution in [1.29, 1.82) is 0 Å². The summed E-state index contributed by atoms with van der Waals surface area (Å²) >= 11 is 8.34. The average molecular weight is 606 g/mol. The van der Waals surface area contributed by atoms with E-state index in [2.05, 4.69) is 33.5 Å². The summed E-state index contributed by atoms with van der Waals surface area (Å²) in [5, 5.41) is 13.8. The third-order valence-corrected chi connectivity index (χ3v) is 7.37. The molecule has 1 atom stereocenters. The number of hydrogen-bond donors (Lipinski definition) is 1. The van der Waals surface area contributed by atoms with Gasteiger partial charge in [-0.05, 0) is 58.7 Å². The van der Waals surface area contributed by atoms with Crippen LogP contribution < -0.4 is 5.56 Å². The molecule has 0 aliphatic carbocycles. The van der Waals surface area contributed by atoms with E-state index in [1.807, 2.05) is 61.6 Å². The van der Waals surface area contributed by atoms with Crippen molar-refractivity contribution in [3.05, 3.63) is 123 Å². The summed E-state index contributed by atoms with van der Waals surface area (Å²) < 4.78 is 3.99. The number of aryl methyl sites for hydroxylation is 1. The van der Waals surface area contributed by atoms with E-state index < -0.39 is 5.60 Å². The summed E-state index contributed by atoms with van der Waals surface area (Å²) in [5.41, 5.74) is 3.33. The van der Waals surface area contributed by atoms with Gasteiger partial charge in [0.05, 0.1) is 28.3 Å². The Hall–Kier alpha value is -3.38. The van der Waals surface area contributed by atoms with Crippen LogP contribution in [0.3, 0.4) is 0 Å². The van der Waals surface area contributed by atoms with Crippen molar-refractivity contribution in [3.8, 4) is 23.5 Å². The number of rotatable bonds is 5. The van der Waals surface area contributed by atoms with Gasteiger partial charge in [-0.1, -0.05) is 70.4 Å². The van der Waals surface area contributed by atoms with Gasteiger partial charge in [0, 0.05) is 29.1 Å². The first-order chi connectivity index (χ1) is 17.4. The SMILES string of the molecule is C#Cc1cccc(-c2cc(=O)n(CI)c3ccc(C(O)(c4ccc(Cl)cc4)c4cncn4C)cc23)c1. The molecular formula is C29H21ClIN3O2. The van der Waals surface area contributed by atoms with Gasteiger partial charge in [-0.2, -0.15) is 0 Å². The third-order valence-electron chi connectivity index (χ3n) is 6.44. The van der Waals surface area contributed by atoms with Gasteiger partial charge in [0.15, 0.2) is 5.60 Å². The Morgan fingerprint density at radius 1 is 1.08 bits per heavy atom. The van der Waals surface area contributed by atoms with E-state index in [0.717, 1.165) is 27.6 Å². The maximum Gasteiger partial charge on any atom is 0.252 e. The Morgan fingerprint density at radius 3 is 2.50 bits per heavy atom. The predicted octanol–water partition coefficient (Wildman–Crippen LogP) is 5.71. The maximum atomic E-state index is 13.0. The number of terminal acetylenes is 1. The number of alkyl halides is 1. The number of aromatic nitrogens is 3. The zero-order chi connectivity index (χ0) is 25.4. The van der Waals surface area contributed by atoms with Gasteiger partial charge in [-0.3, -0.25) is 9.36 Å². The van der Waals surface area contributed by atoms with E-state index in [9.17, 15) is 9.90 Å². The van der Waals surface area contributed by atoms with E-state index in [4.69, 9.17) is 18.0 Å². The first-order valence-corrected chi connectivity index (χ1v) is 13.0. The number of hydrogen-bond acceptors (Lipinski definition) is 3. The van der Waals surface area contributed by atoms with Gasteiger partial charge in [-0.15, -0.1) is 6.42 Å². The van der Waals surface area contributed by atoms with Crippen molar-refractivity contribution in [2.45, 2.75) is 10.2 Å². The summed E-state index contributed by atoms with van der Waals surface area (Å²) in [4.78, 5) is 17.3. The molecule has 1 N–H and O–H groups in total. The highest BCUT2D eigenvalue weighted by molar-refractivity contribution is 14.1. The van der Waals surface area contributed by atoms with Crippen LogP contribution in [0, 0.1) is 12.3 Å². The summed E-state index contributed by atoms with van der Waals surface area (Å²) in [6.07, 6.45) is 8.95. The zero-order valence-corrected chi connectivity index (χ0v) is 22.2. The van der Waals surface area contributed by atoms with Crippen LogP contribution >= 0.6 is 34.2 Å². The van der Waals surface area contributed by atoms with Crippen LogP contribution in [0.1, 0.15) is 22.4 Å². The summed E-state index contributed by atoms with van der Waals surface area (Å²) in [6.45, 7) is 0. The molecule has 178 valence electrons. The molecule has 0 amide bonds. The van der Waals surface area contributed by atoms with Crippen molar-refractivity contribution in [2.24, 2.45) is 7.05 Å². The summed E-state index contributed by atoms with van der Waals surface area (Å²) in [5.74, 6) is 2.66. The number of benzene rings is 3. The Bertz CT molecular complexity index is 1700. The minimum Gasteiger partial charge on any atom is -0.374 e. The number of nitrogens with zero attached hydrogens (tertiary/aromatic N) is 3. The zero-order valence-electron chi connectivity index (χ0n) is 19.3. The molecule has 0 bridgehead atoms. The van der Waals surface area contributed by atoms with E-state index in [0.29, 0.717) is 26.4 Å². The van der Waals surface area contributed by atoms with Crippen LogP contribution in [-0.2, 0) is 17.2 Å². The van der Waals surface area contributed by atoms with Gasteiger partial charge < -0.3 is 9.67 Å². The highest BCUT2D eigenvalue weighted by Gasteiger charge is 2.37. The van der Waals surface area contributed by atoms with Crippen molar-refractivity contribution < 1.29 is 5.11 Å². The molecule has 5 aromatic rings. The van der Waals surface area contributed by atoms with Gasteiger partial charge in [0.2, 0.25) is 0 Å². The number of halogens is 2. The van der Waals surface area contributed by atoms with Crippen molar-refractivity contribution in [3.63, 3.8) is 0 Å². The molecule has 0 aliphatic heterocycles. The van der Waals surface area contributed by atoms with Gasteiger partial charge >= 0.3 is 0 Å². The third kappa shape index (κ3) is 4.03. The largest absolute Gasteiger partial charge is 0.374 e. The molecule has 0 saturated carbocycles. The van der Waals surface area contributed by atoms with Gasteiger partial charge in [0.1, 0.15) is 0 Å². The lowest BCUT2D eigenvalue weighted by molar-refractivity contribution is 0.117. The second-order valence-corrected chi connectivity index (χ2v) is 9.63. The molecule has 0 fully saturated rings. The topological polar surface area (TPSA) is 60.1 Å². The van der Waals surface area contributed by atoms with Crippen molar-refractivity contribution in [2.75, 3.05) is 0 Å². The quantitative estimate of drug-likeness (QED) is 0.159. The number of fused-ring (bicyclic) bond motifs is 1. The highest BCUT2D eigenvalue weighted by atomic mass is 127. The first-order valence-electron chi connectivity index (χ1n) is 11.1. The van der Waals surface area contributed by atoms with Crippen LogP contribution in [0.4, 0.5) is 0 Å². The number of imidazole rings is 1. The van der Waals surface area contributed by atoms with Crippen LogP contribution in [0.25, 0.3) is 22.0 Å². The Morgan fingerprint density at radius 2 is 1.83 bits per heavy atom. The molecule has 5 nitrogen and oxygen atoms in total. The Kier molecular flexibility index (Phi) is 6.47.